The van der Waals surface area contributed by atoms with Crippen LogP contribution in [-0.4, -0.2) is 42.2 Å². The Morgan fingerprint density at radius 1 is 1.16 bits per heavy atom. The van der Waals surface area contributed by atoms with Crippen molar-refractivity contribution in [2.45, 2.75) is 32.0 Å². The van der Waals surface area contributed by atoms with Crippen LogP contribution in [0.2, 0.25) is 0 Å². The molecule has 0 N–H and O–H groups in total. The first kappa shape index (κ1) is 15.9. The van der Waals surface area contributed by atoms with Gasteiger partial charge in [0.25, 0.3) is 11.6 Å². The Morgan fingerprint density at radius 2 is 1.92 bits per heavy atom. The van der Waals surface area contributed by atoms with Crippen molar-refractivity contribution in [1.29, 1.82) is 0 Å². The van der Waals surface area contributed by atoms with Crippen molar-refractivity contribution in [3.8, 4) is 0 Å². The van der Waals surface area contributed by atoms with E-state index in [0.717, 1.165) is 12.8 Å². The molecule has 3 aromatic rings. The third-order valence-corrected chi connectivity index (χ3v) is 4.41. The Labute approximate surface area is 141 Å². The van der Waals surface area contributed by atoms with Crippen LogP contribution in [0, 0.1) is 6.92 Å². The molecule has 4 heterocycles. The maximum atomic E-state index is 12.9. The molecule has 1 fully saturated rings. The highest BCUT2D eigenvalue weighted by molar-refractivity contribution is 5.48. The maximum Gasteiger partial charge on any atom is 0.453 e. The molecule has 10 heteroatoms. The predicted molar refractivity (Wildman–Crippen MR) is 83.2 cm³/mol. The van der Waals surface area contributed by atoms with Crippen molar-refractivity contribution in [2.75, 3.05) is 18.0 Å². The van der Waals surface area contributed by atoms with Gasteiger partial charge in [-0.15, -0.1) is 5.10 Å². The van der Waals surface area contributed by atoms with Crippen LogP contribution in [0.4, 0.5) is 19.0 Å². The molecular formula is C15H16F3N7. The lowest BCUT2D eigenvalue weighted by Gasteiger charge is -2.33. The molecule has 3 aromatic heterocycles. The van der Waals surface area contributed by atoms with Crippen LogP contribution in [0.1, 0.15) is 30.4 Å². The number of alkyl halides is 3. The minimum atomic E-state index is -4.59. The van der Waals surface area contributed by atoms with Gasteiger partial charge in [0.1, 0.15) is 5.82 Å². The van der Waals surface area contributed by atoms with Gasteiger partial charge in [0, 0.05) is 43.3 Å². The van der Waals surface area contributed by atoms with Crippen LogP contribution in [0.3, 0.4) is 0 Å². The van der Waals surface area contributed by atoms with Crippen LogP contribution in [0.25, 0.3) is 5.78 Å². The molecule has 0 unspecified atom stereocenters. The monoisotopic (exact) mass is 351 g/mol. The van der Waals surface area contributed by atoms with Crippen molar-refractivity contribution in [3.05, 3.63) is 36.3 Å². The summed E-state index contributed by atoms with van der Waals surface area (Å²) >= 11 is 0. The molecule has 0 bridgehead atoms. The molecule has 25 heavy (non-hydrogen) atoms. The summed E-state index contributed by atoms with van der Waals surface area (Å²) in [6, 6.07) is 2.10. The van der Waals surface area contributed by atoms with Gasteiger partial charge >= 0.3 is 6.18 Å². The van der Waals surface area contributed by atoms with Gasteiger partial charge in [-0.3, -0.25) is 0 Å². The van der Waals surface area contributed by atoms with E-state index in [2.05, 4.69) is 24.6 Å². The summed E-state index contributed by atoms with van der Waals surface area (Å²) in [5.41, 5.74) is 0.611. The zero-order valence-electron chi connectivity index (χ0n) is 13.5. The van der Waals surface area contributed by atoms with Gasteiger partial charge in [-0.1, -0.05) is 0 Å². The molecule has 0 aliphatic carbocycles. The van der Waals surface area contributed by atoms with E-state index >= 15 is 0 Å². The van der Waals surface area contributed by atoms with E-state index in [4.69, 9.17) is 0 Å². The fourth-order valence-electron chi connectivity index (χ4n) is 3.19. The van der Waals surface area contributed by atoms with Crippen molar-refractivity contribution in [3.63, 3.8) is 0 Å². The average molecular weight is 351 g/mol. The normalized spacial score (nSPS) is 16.7. The van der Waals surface area contributed by atoms with Gasteiger partial charge in [-0.05, 0) is 19.8 Å². The predicted octanol–water partition coefficient (Wildman–Crippen LogP) is 2.49. The van der Waals surface area contributed by atoms with E-state index in [-0.39, 0.29) is 5.78 Å². The zero-order chi connectivity index (χ0) is 17.6. The smallest absolute Gasteiger partial charge is 0.356 e. The highest BCUT2D eigenvalue weighted by Gasteiger charge is 2.37. The second kappa shape index (κ2) is 5.71. The molecule has 1 aliphatic heterocycles. The SMILES string of the molecule is Cc1cc(N2CCC(n3ccnc3)CC2)n2nc(C(F)(F)F)nc2n1. The number of piperidine rings is 1. The summed E-state index contributed by atoms with van der Waals surface area (Å²) in [5, 5.41) is 3.63. The first-order valence-electron chi connectivity index (χ1n) is 7.96. The number of aromatic nitrogens is 6. The second-order valence-corrected chi connectivity index (χ2v) is 6.13. The molecule has 0 spiro atoms. The first-order chi connectivity index (χ1) is 11.9. The Morgan fingerprint density at radius 3 is 2.56 bits per heavy atom. The molecular weight excluding hydrogens is 335 g/mol. The zero-order valence-corrected chi connectivity index (χ0v) is 13.5. The third kappa shape index (κ3) is 2.92. The lowest BCUT2D eigenvalue weighted by Crippen LogP contribution is -2.35. The van der Waals surface area contributed by atoms with E-state index < -0.39 is 12.0 Å². The Hall–Kier alpha value is -2.65. The van der Waals surface area contributed by atoms with E-state index in [9.17, 15) is 13.2 Å². The average Bonchev–Trinajstić information content (AvgIpc) is 3.23. The number of aryl methyl sites for hydroxylation is 1. The molecule has 7 nitrogen and oxygen atoms in total. The van der Waals surface area contributed by atoms with Crippen molar-refractivity contribution in [1.82, 2.24) is 29.1 Å². The fourth-order valence-corrected chi connectivity index (χ4v) is 3.19. The van der Waals surface area contributed by atoms with E-state index in [1.165, 1.54) is 4.52 Å². The van der Waals surface area contributed by atoms with E-state index in [1.54, 1.807) is 25.5 Å². The fraction of sp³-hybridized carbons (Fsp3) is 0.467. The summed E-state index contributed by atoms with van der Waals surface area (Å²) in [4.78, 5) is 13.7. The maximum absolute atomic E-state index is 12.9. The van der Waals surface area contributed by atoms with Crippen molar-refractivity contribution >= 4 is 11.6 Å². The lowest BCUT2D eigenvalue weighted by atomic mass is 10.0. The number of nitrogens with zero attached hydrogens (tertiary/aromatic N) is 7. The summed E-state index contributed by atoms with van der Waals surface area (Å²) in [6.07, 6.45) is 2.63. The number of fused-ring (bicyclic) bond motifs is 1. The van der Waals surface area contributed by atoms with Crippen LogP contribution in [-0.2, 0) is 6.18 Å². The lowest BCUT2D eigenvalue weighted by molar-refractivity contribution is -0.144. The topological polar surface area (TPSA) is 64.1 Å². The van der Waals surface area contributed by atoms with Gasteiger partial charge in [-0.25, -0.2) is 9.97 Å². The Bertz CT molecular complexity index is 877. The van der Waals surface area contributed by atoms with Crippen molar-refractivity contribution in [2.24, 2.45) is 0 Å². The van der Waals surface area contributed by atoms with Crippen LogP contribution in [0.5, 0.6) is 0 Å². The molecule has 132 valence electrons. The number of rotatable bonds is 2. The summed E-state index contributed by atoms with van der Waals surface area (Å²) in [6.45, 7) is 3.16. The minimum absolute atomic E-state index is 0.0286. The van der Waals surface area contributed by atoms with Crippen LogP contribution < -0.4 is 4.90 Å². The van der Waals surface area contributed by atoms with Gasteiger partial charge in [0.2, 0.25) is 0 Å². The van der Waals surface area contributed by atoms with Gasteiger partial charge in [0.05, 0.1) is 6.33 Å². The molecule has 1 aliphatic rings. The number of imidazole rings is 1. The summed E-state index contributed by atoms with van der Waals surface area (Å²) < 4.78 is 42.0. The Kier molecular flexibility index (Phi) is 3.62. The molecule has 0 saturated carbocycles. The highest BCUT2D eigenvalue weighted by Crippen LogP contribution is 2.30. The number of halogens is 3. The molecule has 1 saturated heterocycles. The molecule has 0 radical (unpaired) electrons. The Balaban J connectivity index is 1.64. The standard InChI is InChI=1S/C15H16F3N7/c1-10-8-12(25-14(20-10)21-13(22-25)15(16,17)18)23-5-2-11(3-6-23)24-7-4-19-9-24/h4,7-9,11H,2-3,5-6H2,1H3. The third-order valence-electron chi connectivity index (χ3n) is 4.41. The first-order valence-corrected chi connectivity index (χ1v) is 7.96. The van der Waals surface area contributed by atoms with E-state index in [1.807, 2.05) is 11.1 Å². The molecule has 4 rings (SSSR count). The van der Waals surface area contributed by atoms with Gasteiger partial charge in [-0.2, -0.15) is 22.7 Å². The molecule has 0 atom stereocenters. The number of hydrogen-bond acceptors (Lipinski definition) is 5. The van der Waals surface area contributed by atoms with Crippen LogP contribution in [0.15, 0.2) is 24.8 Å². The quantitative estimate of drug-likeness (QED) is 0.710. The number of hydrogen-bond donors (Lipinski definition) is 0. The largest absolute Gasteiger partial charge is 0.453 e. The highest BCUT2D eigenvalue weighted by atomic mass is 19.4. The summed E-state index contributed by atoms with van der Waals surface area (Å²) in [7, 11) is 0. The summed E-state index contributed by atoms with van der Waals surface area (Å²) in [5.74, 6) is -0.603. The second-order valence-electron chi connectivity index (χ2n) is 6.13. The molecule has 0 amide bonds. The van der Waals surface area contributed by atoms with E-state index in [0.29, 0.717) is 30.6 Å². The minimum Gasteiger partial charge on any atom is -0.356 e. The number of anilines is 1. The van der Waals surface area contributed by atoms with Gasteiger partial charge < -0.3 is 9.47 Å². The van der Waals surface area contributed by atoms with Crippen LogP contribution >= 0.6 is 0 Å². The van der Waals surface area contributed by atoms with Crippen molar-refractivity contribution < 1.29 is 13.2 Å². The van der Waals surface area contributed by atoms with Gasteiger partial charge in [0.15, 0.2) is 0 Å². The molecule has 0 aromatic carbocycles.